The van der Waals surface area contributed by atoms with E-state index in [-0.39, 0.29) is 6.04 Å². The lowest BCUT2D eigenvalue weighted by atomic mass is 9.99. The van der Waals surface area contributed by atoms with Crippen LogP contribution >= 0.6 is 0 Å². The summed E-state index contributed by atoms with van der Waals surface area (Å²) in [5.74, 6) is -0.940. The Labute approximate surface area is 113 Å². The van der Waals surface area contributed by atoms with E-state index in [1.54, 1.807) is 0 Å². The third-order valence-electron chi connectivity index (χ3n) is 4.21. The monoisotopic (exact) mass is 291 g/mol. The fraction of sp³-hybridized carbons (Fsp3) is 0.909. The molecule has 0 spiro atoms. The highest BCUT2D eigenvalue weighted by Crippen LogP contribution is 2.32. The van der Waals surface area contributed by atoms with Crippen LogP contribution in [0.2, 0.25) is 0 Å². The highest BCUT2D eigenvalue weighted by atomic mass is 32.2. The molecular formula is C11H21N3O4S. The lowest BCUT2D eigenvalue weighted by Crippen LogP contribution is -2.52. The number of piperazine rings is 1. The van der Waals surface area contributed by atoms with Crippen molar-refractivity contribution in [3.8, 4) is 0 Å². The van der Waals surface area contributed by atoms with E-state index in [2.05, 4.69) is 4.90 Å². The van der Waals surface area contributed by atoms with Crippen LogP contribution in [0.4, 0.5) is 0 Å². The predicted octanol–water partition coefficient (Wildman–Crippen LogP) is -1.10. The van der Waals surface area contributed by atoms with Gasteiger partial charge in [0.15, 0.2) is 0 Å². The Morgan fingerprint density at radius 2 is 1.89 bits per heavy atom. The summed E-state index contributed by atoms with van der Waals surface area (Å²) in [6.07, 6.45) is 2.91. The van der Waals surface area contributed by atoms with Crippen LogP contribution in [0.15, 0.2) is 0 Å². The number of hydrogen-bond acceptors (Lipinski definition) is 5. The summed E-state index contributed by atoms with van der Waals surface area (Å²) in [6.45, 7) is 2.24. The van der Waals surface area contributed by atoms with Gasteiger partial charge in [-0.05, 0) is 19.3 Å². The second kappa shape index (κ2) is 5.01. The second-order valence-electron chi connectivity index (χ2n) is 5.56. The SMILES string of the molecule is CS(=O)(=O)N1CCN(C2CCC(N)(C(=O)O)C2)CC1. The number of nitrogens with zero attached hydrogens (tertiary/aromatic N) is 2. The minimum absolute atomic E-state index is 0.155. The number of rotatable bonds is 3. The second-order valence-corrected chi connectivity index (χ2v) is 7.54. The minimum atomic E-state index is -3.12. The van der Waals surface area contributed by atoms with Crippen LogP contribution in [-0.4, -0.2) is 72.7 Å². The summed E-state index contributed by atoms with van der Waals surface area (Å²) in [4.78, 5) is 13.3. The highest BCUT2D eigenvalue weighted by Gasteiger charge is 2.44. The van der Waals surface area contributed by atoms with Crippen LogP contribution in [0.25, 0.3) is 0 Å². The molecule has 1 saturated carbocycles. The van der Waals surface area contributed by atoms with E-state index in [1.165, 1.54) is 10.6 Å². The lowest BCUT2D eigenvalue weighted by molar-refractivity contribution is -0.143. The van der Waals surface area contributed by atoms with Crippen molar-refractivity contribution in [2.45, 2.75) is 30.8 Å². The number of hydrogen-bond donors (Lipinski definition) is 2. The van der Waals surface area contributed by atoms with E-state index in [0.29, 0.717) is 39.0 Å². The quantitative estimate of drug-likeness (QED) is 0.684. The van der Waals surface area contributed by atoms with Crippen molar-refractivity contribution in [2.75, 3.05) is 32.4 Å². The molecule has 2 fully saturated rings. The molecule has 1 aliphatic carbocycles. The number of carbonyl (C=O) groups is 1. The standard InChI is InChI=1S/C11H21N3O4S/c1-19(17,18)14-6-4-13(5-7-14)9-2-3-11(12,8-9)10(15)16/h9H,2-8,12H2,1H3,(H,15,16). The number of nitrogens with two attached hydrogens (primary N) is 1. The average molecular weight is 291 g/mol. The smallest absolute Gasteiger partial charge is 0.323 e. The molecule has 2 unspecified atom stereocenters. The first-order chi connectivity index (χ1) is 8.72. The van der Waals surface area contributed by atoms with E-state index in [4.69, 9.17) is 10.8 Å². The molecule has 2 rings (SSSR count). The van der Waals surface area contributed by atoms with Gasteiger partial charge in [0, 0.05) is 32.2 Å². The van der Waals surface area contributed by atoms with Crippen LogP contribution in [0.5, 0.6) is 0 Å². The predicted molar refractivity (Wildman–Crippen MR) is 70.2 cm³/mol. The molecule has 0 bridgehead atoms. The molecule has 0 aromatic heterocycles. The molecule has 1 heterocycles. The van der Waals surface area contributed by atoms with Gasteiger partial charge in [-0.2, -0.15) is 4.31 Å². The molecule has 110 valence electrons. The first kappa shape index (κ1) is 14.7. The van der Waals surface area contributed by atoms with Crippen molar-refractivity contribution < 1.29 is 18.3 Å². The molecule has 1 aliphatic heterocycles. The van der Waals surface area contributed by atoms with Gasteiger partial charge in [0.25, 0.3) is 0 Å². The number of sulfonamides is 1. The van der Waals surface area contributed by atoms with Crippen LogP contribution in [0.1, 0.15) is 19.3 Å². The first-order valence-electron chi connectivity index (χ1n) is 6.44. The zero-order valence-electron chi connectivity index (χ0n) is 11.1. The molecule has 7 nitrogen and oxygen atoms in total. The maximum atomic E-state index is 11.4. The fourth-order valence-electron chi connectivity index (χ4n) is 2.96. The third kappa shape index (κ3) is 3.07. The lowest BCUT2D eigenvalue weighted by Gasteiger charge is -2.37. The van der Waals surface area contributed by atoms with Crippen molar-refractivity contribution in [1.29, 1.82) is 0 Å². The maximum Gasteiger partial charge on any atom is 0.323 e. The van der Waals surface area contributed by atoms with E-state index in [0.717, 1.165) is 6.42 Å². The van der Waals surface area contributed by atoms with Crippen LogP contribution in [0.3, 0.4) is 0 Å². The van der Waals surface area contributed by atoms with Crippen molar-refractivity contribution in [3.05, 3.63) is 0 Å². The van der Waals surface area contributed by atoms with Crippen LogP contribution in [-0.2, 0) is 14.8 Å². The number of carboxylic acid groups (broad SMARTS) is 1. The van der Waals surface area contributed by atoms with E-state index in [9.17, 15) is 13.2 Å². The third-order valence-corrected chi connectivity index (χ3v) is 5.51. The summed E-state index contributed by atoms with van der Waals surface area (Å²) in [5.41, 5.74) is 4.75. The highest BCUT2D eigenvalue weighted by molar-refractivity contribution is 7.88. The van der Waals surface area contributed by atoms with E-state index < -0.39 is 21.5 Å². The minimum Gasteiger partial charge on any atom is -0.480 e. The zero-order valence-corrected chi connectivity index (χ0v) is 11.9. The largest absolute Gasteiger partial charge is 0.480 e. The summed E-state index contributed by atoms with van der Waals surface area (Å²) >= 11 is 0. The summed E-state index contributed by atoms with van der Waals surface area (Å²) in [6, 6.07) is 0.155. The molecule has 1 saturated heterocycles. The molecule has 0 aromatic carbocycles. The van der Waals surface area contributed by atoms with Crippen molar-refractivity contribution in [3.63, 3.8) is 0 Å². The fourth-order valence-corrected chi connectivity index (χ4v) is 3.78. The van der Waals surface area contributed by atoms with Gasteiger partial charge < -0.3 is 10.8 Å². The Kier molecular flexibility index (Phi) is 3.87. The van der Waals surface area contributed by atoms with Gasteiger partial charge in [0.1, 0.15) is 5.54 Å². The van der Waals surface area contributed by atoms with E-state index in [1.807, 2.05) is 0 Å². The zero-order chi connectivity index (χ0) is 14.3. The van der Waals surface area contributed by atoms with Gasteiger partial charge in [-0.15, -0.1) is 0 Å². The number of aliphatic carboxylic acids is 1. The van der Waals surface area contributed by atoms with Gasteiger partial charge in [0.05, 0.1) is 6.26 Å². The molecule has 2 atom stereocenters. The topological polar surface area (TPSA) is 104 Å². The Morgan fingerprint density at radius 1 is 1.32 bits per heavy atom. The molecule has 2 aliphatic rings. The summed E-state index contributed by atoms with van der Waals surface area (Å²) < 4.78 is 24.3. The van der Waals surface area contributed by atoms with Gasteiger partial charge in [-0.3, -0.25) is 9.69 Å². The molecule has 8 heteroatoms. The summed E-state index contributed by atoms with van der Waals surface area (Å²) in [5, 5.41) is 9.11. The molecule has 0 radical (unpaired) electrons. The van der Waals surface area contributed by atoms with Gasteiger partial charge >= 0.3 is 5.97 Å². The molecule has 0 amide bonds. The average Bonchev–Trinajstić information content (AvgIpc) is 2.72. The molecule has 0 aromatic rings. The van der Waals surface area contributed by atoms with Crippen molar-refractivity contribution in [1.82, 2.24) is 9.21 Å². The first-order valence-corrected chi connectivity index (χ1v) is 8.29. The van der Waals surface area contributed by atoms with Crippen LogP contribution < -0.4 is 5.73 Å². The Hall–Kier alpha value is -0.700. The molecular weight excluding hydrogens is 270 g/mol. The Morgan fingerprint density at radius 3 is 2.32 bits per heavy atom. The number of carboxylic acids is 1. The van der Waals surface area contributed by atoms with Crippen LogP contribution in [0, 0.1) is 0 Å². The maximum absolute atomic E-state index is 11.4. The molecule has 3 N–H and O–H groups in total. The summed E-state index contributed by atoms with van der Waals surface area (Å²) in [7, 11) is -3.12. The Balaban J connectivity index is 1.92. The van der Waals surface area contributed by atoms with E-state index >= 15 is 0 Å². The molecule has 19 heavy (non-hydrogen) atoms. The van der Waals surface area contributed by atoms with Crippen molar-refractivity contribution >= 4 is 16.0 Å². The Bertz CT molecular complexity index is 459. The van der Waals surface area contributed by atoms with Gasteiger partial charge in [-0.1, -0.05) is 0 Å². The normalized spacial score (nSPS) is 34.5. The van der Waals surface area contributed by atoms with Gasteiger partial charge in [0.2, 0.25) is 10.0 Å². The van der Waals surface area contributed by atoms with Crippen molar-refractivity contribution in [2.24, 2.45) is 5.73 Å². The van der Waals surface area contributed by atoms with Gasteiger partial charge in [-0.25, -0.2) is 8.42 Å².